The molecule has 0 aliphatic heterocycles. The summed E-state index contributed by atoms with van der Waals surface area (Å²) in [6.45, 7) is 14.1. The van der Waals surface area contributed by atoms with Gasteiger partial charge in [-0.1, -0.05) is 140 Å². The van der Waals surface area contributed by atoms with Crippen molar-refractivity contribution in [1.29, 1.82) is 0 Å². The van der Waals surface area contributed by atoms with Gasteiger partial charge in [-0.15, -0.1) is 0 Å². The largest absolute Gasteiger partial charge is 0.0991 e. The van der Waals surface area contributed by atoms with Gasteiger partial charge >= 0.3 is 0 Å². The van der Waals surface area contributed by atoms with Gasteiger partial charge in [0.1, 0.15) is 0 Å². The molecule has 0 aromatic heterocycles. The molecule has 0 saturated carbocycles. The van der Waals surface area contributed by atoms with E-state index in [-0.39, 0.29) is 14.9 Å². The van der Waals surface area contributed by atoms with Gasteiger partial charge in [0.15, 0.2) is 0 Å². The molecule has 0 saturated heterocycles. The zero-order chi connectivity index (χ0) is 19.2. The molecule has 0 spiro atoms. The molecule has 27 heavy (non-hydrogen) atoms. The standard InChI is InChI=1S/C14H24.C9H10.C2H6.2CH4/c1-4-7-9-10-11-13-14(6-3)12-8-5-2;1-2-6-9-7-4-3-5-8-9;1-2;;/h5-6,8,12H,2,4,7,9-11,13H2,1,3H3;2-8H,1H3;1-2H3;2*1H4/b12-8-,14-6+;6-2+;;;. The van der Waals surface area contributed by atoms with Crippen LogP contribution in [0.2, 0.25) is 0 Å². The number of unbranched alkanes of at least 4 members (excludes halogenated alkanes) is 4. The first-order chi connectivity index (χ1) is 12.3. The number of benzene rings is 1. The molecule has 1 aromatic rings. The maximum atomic E-state index is 3.67. The molecule has 0 unspecified atom stereocenters. The van der Waals surface area contributed by atoms with E-state index in [0.29, 0.717) is 0 Å². The van der Waals surface area contributed by atoms with Gasteiger partial charge < -0.3 is 0 Å². The van der Waals surface area contributed by atoms with E-state index in [1.807, 2.05) is 57.2 Å². The minimum absolute atomic E-state index is 0. The van der Waals surface area contributed by atoms with Gasteiger partial charge in [-0.3, -0.25) is 0 Å². The Bertz CT molecular complexity index is 460. The van der Waals surface area contributed by atoms with Crippen molar-refractivity contribution in [1.82, 2.24) is 0 Å². The van der Waals surface area contributed by atoms with Crippen LogP contribution < -0.4 is 0 Å². The molecule has 0 bridgehead atoms. The second kappa shape index (κ2) is 29.0. The molecule has 0 N–H and O–H groups in total. The lowest BCUT2D eigenvalue weighted by Gasteiger charge is -2.01. The van der Waals surface area contributed by atoms with Crippen molar-refractivity contribution in [3.05, 3.63) is 78.4 Å². The van der Waals surface area contributed by atoms with Crippen molar-refractivity contribution < 1.29 is 0 Å². The second-order valence-corrected chi connectivity index (χ2v) is 5.53. The molecule has 0 aliphatic carbocycles. The predicted molar refractivity (Wildman–Crippen MR) is 132 cm³/mol. The van der Waals surface area contributed by atoms with Gasteiger partial charge in [0.05, 0.1) is 0 Å². The van der Waals surface area contributed by atoms with Crippen LogP contribution in [0.4, 0.5) is 0 Å². The van der Waals surface area contributed by atoms with Crippen LogP contribution in [-0.2, 0) is 0 Å². The first-order valence-corrected chi connectivity index (χ1v) is 9.90. The fourth-order valence-corrected chi connectivity index (χ4v) is 2.20. The quantitative estimate of drug-likeness (QED) is 0.299. The molecule has 0 heteroatoms. The smallest absolute Gasteiger partial charge is 0.0260 e. The predicted octanol–water partition coefficient (Wildman–Crippen LogP) is 10.1. The molecule has 0 aliphatic rings. The average molecular weight is 373 g/mol. The maximum Gasteiger partial charge on any atom is -0.0260 e. The summed E-state index contributed by atoms with van der Waals surface area (Å²) in [4.78, 5) is 0. The van der Waals surface area contributed by atoms with Gasteiger partial charge in [-0.05, 0) is 32.3 Å². The van der Waals surface area contributed by atoms with Crippen molar-refractivity contribution in [2.45, 2.75) is 88.0 Å². The van der Waals surface area contributed by atoms with Crippen LogP contribution >= 0.6 is 0 Å². The van der Waals surface area contributed by atoms with Crippen molar-refractivity contribution in [2.24, 2.45) is 0 Å². The molecule has 1 aromatic carbocycles. The molecule has 1 rings (SSSR count). The van der Waals surface area contributed by atoms with Crippen LogP contribution in [0.5, 0.6) is 0 Å². The van der Waals surface area contributed by atoms with Gasteiger partial charge in [-0.2, -0.15) is 0 Å². The van der Waals surface area contributed by atoms with Gasteiger partial charge in [0.2, 0.25) is 0 Å². The lowest BCUT2D eigenvalue weighted by atomic mass is 10.1. The summed E-state index contributed by atoms with van der Waals surface area (Å²) in [5, 5.41) is 0. The Labute approximate surface area is 172 Å². The number of rotatable bonds is 9. The van der Waals surface area contributed by atoms with Crippen LogP contribution in [-0.4, -0.2) is 0 Å². The molecule has 0 nitrogen and oxygen atoms in total. The minimum Gasteiger partial charge on any atom is -0.0991 e. The lowest BCUT2D eigenvalue weighted by Crippen LogP contribution is -1.81. The highest BCUT2D eigenvalue weighted by Crippen LogP contribution is 2.12. The Hall–Kier alpha value is -1.82. The van der Waals surface area contributed by atoms with Crippen LogP contribution in [0.25, 0.3) is 6.08 Å². The molecule has 0 amide bonds. The first-order valence-electron chi connectivity index (χ1n) is 9.90. The van der Waals surface area contributed by atoms with E-state index in [2.05, 4.69) is 50.8 Å². The second-order valence-electron chi connectivity index (χ2n) is 5.53. The van der Waals surface area contributed by atoms with E-state index in [0.717, 1.165) is 0 Å². The highest BCUT2D eigenvalue weighted by Gasteiger charge is 1.92. The summed E-state index contributed by atoms with van der Waals surface area (Å²) in [5.41, 5.74) is 2.70. The first kappa shape index (κ1) is 32.8. The normalized spacial score (nSPS) is 10.0. The number of allylic oxidation sites excluding steroid dienone is 6. The zero-order valence-electron chi connectivity index (χ0n) is 17.3. The summed E-state index contributed by atoms with van der Waals surface area (Å²) in [6, 6.07) is 10.3. The highest BCUT2D eigenvalue weighted by molar-refractivity contribution is 5.47. The summed E-state index contributed by atoms with van der Waals surface area (Å²) < 4.78 is 0. The summed E-state index contributed by atoms with van der Waals surface area (Å²) >= 11 is 0. The van der Waals surface area contributed by atoms with Crippen molar-refractivity contribution in [3.63, 3.8) is 0 Å². The highest BCUT2D eigenvalue weighted by atomic mass is 14.0. The number of hydrogen-bond acceptors (Lipinski definition) is 0. The van der Waals surface area contributed by atoms with E-state index in [1.165, 1.54) is 49.7 Å². The topological polar surface area (TPSA) is 0 Å². The van der Waals surface area contributed by atoms with E-state index >= 15 is 0 Å². The molecule has 0 heterocycles. The van der Waals surface area contributed by atoms with Crippen LogP contribution in [0.15, 0.2) is 72.9 Å². The fourth-order valence-electron chi connectivity index (χ4n) is 2.20. The Morgan fingerprint density at radius 1 is 0.926 bits per heavy atom. The molecule has 0 fully saturated rings. The molecular formula is C27H48. The van der Waals surface area contributed by atoms with Gasteiger partial charge in [-0.25, -0.2) is 0 Å². The SMILES string of the molecule is C.C.C/C=C/c1ccccc1.C=C/C=C\C(=C/C)CCCCCCC.CC. The molecule has 0 radical (unpaired) electrons. The Kier molecular flexibility index (Phi) is 35.2. The lowest BCUT2D eigenvalue weighted by molar-refractivity contribution is 0.633. The summed E-state index contributed by atoms with van der Waals surface area (Å²) in [5.74, 6) is 0. The number of hydrogen-bond donors (Lipinski definition) is 0. The third kappa shape index (κ3) is 24.2. The van der Waals surface area contributed by atoms with Gasteiger partial charge in [0.25, 0.3) is 0 Å². The van der Waals surface area contributed by atoms with E-state index in [4.69, 9.17) is 0 Å². The Balaban J connectivity index is -0.000000177. The fraction of sp³-hybridized carbons (Fsp3) is 0.481. The Morgan fingerprint density at radius 2 is 1.52 bits per heavy atom. The van der Waals surface area contributed by atoms with Crippen molar-refractivity contribution >= 4 is 6.08 Å². The van der Waals surface area contributed by atoms with E-state index < -0.39 is 0 Å². The molecular weight excluding hydrogens is 324 g/mol. The average Bonchev–Trinajstić information content (AvgIpc) is 2.67. The maximum absolute atomic E-state index is 3.67. The monoisotopic (exact) mass is 372 g/mol. The molecule has 0 atom stereocenters. The molecule has 156 valence electrons. The minimum atomic E-state index is 0. The third-order valence-electron chi connectivity index (χ3n) is 3.54. The van der Waals surface area contributed by atoms with Gasteiger partial charge in [0, 0.05) is 0 Å². The third-order valence-corrected chi connectivity index (χ3v) is 3.54. The summed E-state index contributed by atoms with van der Waals surface area (Å²) in [7, 11) is 0. The van der Waals surface area contributed by atoms with Crippen molar-refractivity contribution in [2.75, 3.05) is 0 Å². The van der Waals surface area contributed by atoms with E-state index in [1.54, 1.807) is 0 Å². The zero-order valence-corrected chi connectivity index (χ0v) is 17.3. The van der Waals surface area contributed by atoms with Crippen molar-refractivity contribution in [3.8, 4) is 0 Å². The van der Waals surface area contributed by atoms with E-state index in [9.17, 15) is 0 Å². The van der Waals surface area contributed by atoms with Crippen LogP contribution in [0, 0.1) is 0 Å². The van der Waals surface area contributed by atoms with Crippen LogP contribution in [0.1, 0.15) is 93.6 Å². The van der Waals surface area contributed by atoms with Crippen LogP contribution in [0.3, 0.4) is 0 Å². The Morgan fingerprint density at radius 3 is 2.00 bits per heavy atom. The summed E-state index contributed by atoms with van der Waals surface area (Å²) in [6.07, 6.45) is 20.3.